The SMILES string of the molecule is NC(=O)c1c(N)sc2c1CC(c1ccccc1C(F)(F)F)CC2=O. The van der Waals surface area contributed by atoms with Crippen LogP contribution in [-0.2, 0) is 12.6 Å². The van der Waals surface area contributed by atoms with E-state index in [2.05, 4.69) is 0 Å². The minimum atomic E-state index is -4.51. The molecule has 0 radical (unpaired) electrons. The number of amides is 1. The molecule has 1 aromatic heterocycles. The van der Waals surface area contributed by atoms with Crippen LogP contribution in [0, 0.1) is 0 Å². The highest BCUT2D eigenvalue weighted by atomic mass is 32.1. The molecule has 0 spiro atoms. The van der Waals surface area contributed by atoms with Crippen LogP contribution in [0.4, 0.5) is 18.2 Å². The molecule has 0 bridgehead atoms. The summed E-state index contributed by atoms with van der Waals surface area (Å²) in [7, 11) is 0. The van der Waals surface area contributed by atoms with Crippen LogP contribution in [-0.4, -0.2) is 11.7 Å². The number of fused-ring (bicyclic) bond motifs is 1. The van der Waals surface area contributed by atoms with Gasteiger partial charge in [-0.15, -0.1) is 11.3 Å². The van der Waals surface area contributed by atoms with E-state index < -0.39 is 23.6 Å². The summed E-state index contributed by atoms with van der Waals surface area (Å²) in [6.07, 6.45) is -4.45. The maximum atomic E-state index is 13.2. The van der Waals surface area contributed by atoms with Gasteiger partial charge in [-0.1, -0.05) is 18.2 Å². The largest absolute Gasteiger partial charge is 0.416 e. The fourth-order valence-corrected chi connectivity index (χ4v) is 4.19. The van der Waals surface area contributed by atoms with Crippen molar-refractivity contribution in [3.05, 3.63) is 51.4 Å². The average Bonchev–Trinajstić information content (AvgIpc) is 2.83. The summed E-state index contributed by atoms with van der Waals surface area (Å²) < 4.78 is 39.7. The molecule has 1 aliphatic carbocycles. The minimum absolute atomic E-state index is 0.0455. The first-order valence-corrected chi connectivity index (χ1v) is 7.92. The zero-order valence-corrected chi connectivity index (χ0v) is 13.1. The van der Waals surface area contributed by atoms with Crippen LogP contribution in [0.5, 0.6) is 0 Å². The number of primary amides is 1. The molecule has 0 saturated heterocycles. The number of alkyl halides is 3. The average molecular weight is 354 g/mol. The highest BCUT2D eigenvalue weighted by molar-refractivity contribution is 7.18. The number of anilines is 1. The Morgan fingerprint density at radius 2 is 1.88 bits per heavy atom. The quantitative estimate of drug-likeness (QED) is 0.867. The van der Waals surface area contributed by atoms with E-state index in [9.17, 15) is 22.8 Å². The first kappa shape index (κ1) is 16.5. The van der Waals surface area contributed by atoms with Gasteiger partial charge >= 0.3 is 6.18 Å². The molecule has 1 unspecified atom stereocenters. The van der Waals surface area contributed by atoms with Crippen molar-refractivity contribution < 1.29 is 22.8 Å². The number of hydrogen-bond donors (Lipinski definition) is 2. The Morgan fingerprint density at radius 1 is 1.21 bits per heavy atom. The number of halogens is 3. The van der Waals surface area contributed by atoms with Crippen LogP contribution >= 0.6 is 11.3 Å². The highest BCUT2D eigenvalue weighted by Gasteiger charge is 2.38. The van der Waals surface area contributed by atoms with Gasteiger partial charge in [0, 0.05) is 6.42 Å². The lowest BCUT2D eigenvalue weighted by Gasteiger charge is -2.25. The third kappa shape index (κ3) is 2.66. The summed E-state index contributed by atoms with van der Waals surface area (Å²) in [4.78, 5) is 24.2. The molecule has 1 heterocycles. The predicted octanol–water partition coefficient (Wildman–Crippen LogP) is 3.36. The van der Waals surface area contributed by atoms with Crippen LogP contribution in [0.2, 0.25) is 0 Å². The number of hydrogen-bond acceptors (Lipinski definition) is 4. The summed E-state index contributed by atoms with van der Waals surface area (Å²) >= 11 is 0.965. The van der Waals surface area contributed by atoms with Crippen LogP contribution in [0.25, 0.3) is 0 Å². The van der Waals surface area contributed by atoms with Crippen molar-refractivity contribution in [2.75, 3.05) is 5.73 Å². The topological polar surface area (TPSA) is 86.2 Å². The van der Waals surface area contributed by atoms with Crippen molar-refractivity contribution in [1.82, 2.24) is 0 Å². The lowest BCUT2D eigenvalue weighted by molar-refractivity contribution is -0.138. The zero-order valence-electron chi connectivity index (χ0n) is 12.3. The second-order valence-corrected chi connectivity index (χ2v) is 6.68. The van der Waals surface area contributed by atoms with Crippen molar-refractivity contribution in [2.45, 2.75) is 24.9 Å². The number of nitrogen functional groups attached to an aromatic ring is 1. The highest BCUT2D eigenvalue weighted by Crippen LogP contribution is 2.44. The van der Waals surface area contributed by atoms with E-state index in [4.69, 9.17) is 11.5 Å². The van der Waals surface area contributed by atoms with Gasteiger partial charge in [-0.3, -0.25) is 9.59 Å². The molecule has 126 valence electrons. The number of carbonyl (C=O) groups excluding carboxylic acids is 2. The fraction of sp³-hybridized carbons (Fsp3) is 0.250. The van der Waals surface area contributed by atoms with Crippen molar-refractivity contribution in [3.63, 3.8) is 0 Å². The third-order valence-electron chi connectivity index (χ3n) is 4.12. The molecule has 4 N–H and O–H groups in total. The van der Waals surface area contributed by atoms with E-state index in [-0.39, 0.29) is 34.8 Å². The summed E-state index contributed by atoms with van der Waals surface area (Å²) in [5, 5.41) is 0.130. The third-order valence-corrected chi connectivity index (χ3v) is 5.22. The molecule has 0 fully saturated rings. The Bertz CT molecular complexity index is 842. The summed E-state index contributed by atoms with van der Waals surface area (Å²) in [5.41, 5.74) is 10.8. The molecule has 1 atom stereocenters. The van der Waals surface area contributed by atoms with Gasteiger partial charge in [0.2, 0.25) is 0 Å². The van der Waals surface area contributed by atoms with Crippen molar-refractivity contribution in [3.8, 4) is 0 Å². The van der Waals surface area contributed by atoms with E-state index in [0.717, 1.165) is 17.4 Å². The second kappa shape index (κ2) is 5.62. The molecule has 0 aliphatic heterocycles. The van der Waals surface area contributed by atoms with Gasteiger partial charge in [-0.25, -0.2) is 0 Å². The maximum absolute atomic E-state index is 13.2. The molecule has 8 heteroatoms. The maximum Gasteiger partial charge on any atom is 0.416 e. The molecular formula is C16H13F3N2O2S. The van der Waals surface area contributed by atoms with Gasteiger partial charge in [0.1, 0.15) is 0 Å². The molecule has 2 aromatic rings. The molecule has 1 aliphatic rings. The number of ketones is 1. The van der Waals surface area contributed by atoms with Crippen LogP contribution < -0.4 is 11.5 Å². The Morgan fingerprint density at radius 3 is 2.50 bits per heavy atom. The molecule has 3 rings (SSSR count). The predicted molar refractivity (Wildman–Crippen MR) is 84.1 cm³/mol. The lowest BCUT2D eigenvalue weighted by Crippen LogP contribution is -2.23. The number of benzene rings is 1. The number of carbonyl (C=O) groups is 2. The fourth-order valence-electron chi connectivity index (χ4n) is 3.14. The van der Waals surface area contributed by atoms with Crippen LogP contribution in [0.15, 0.2) is 24.3 Å². The Kier molecular flexibility index (Phi) is 3.87. The molecule has 0 saturated carbocycles. The van der Waals surface area contributed by atoms with E-state index in [0.29, 0.717) is 10.4 Å². The molecule has 24 heavy (non-hydrogen) atoms. The van der Waals surface area contributed by atoms with E-state index in [1.54, 1.807) is 0 Å². The summed E-state index contributed by atoms with van der Waals surface area (Å²) in [6, 6.07) is 5.17. The van der Waals surface area contributed by atoms with Crippen molar-refractivity contribution in [1.29, 1.82) is 0 Å². The van der Waals surface area contributed by atoms with Crippen molar-refractivity contribution in [2.24, 2.45) is 5.73 Å². The number of Topliss-reactive ketones (excluding diaryl/α,β-unsaturated/α-hetero) is 1. The van der Waals surface area contributed by atoms with Gasteiger partial charge in [-0.05, 0) is 29.5 Å². The zero-order chi connectivity index (χ0) is 17.6. The molecular weight excluding hydrogens is 341 g/mol. The Labute approximate surface area is 139 Å². The van der Waals surface area contributed by atoms with E-state index in [1.807, 2.05) is 0 Å². The number of thiophene rings is 1. The summed E-state index contributed by atoms with van der Waals surface area (Å²) in [5.74, 6) is -1.76. The van der Waals surface area contributed by atoms with E-state index in [1.165, 1.54) is 18.2 Å². The van der Waals surface area contributed by atoms with Gasteiger partial charge in [0.15, 0.2) is 5.78 Å². The van der Waals surface area contributed by atoms with Gasteiger partial charge in [-0.2, -0.15) is 13.2 Å². The first-order valence-electron chi connectivity index (χ1n) is 7.10. The minimum Gasteiger partial charge on any atom is -0.390 e. The van der Waals surface area contributed by atoms with E-state index >= 15 is 0 Å². The summed E-state index contributed by atoms with van der Waals surface area (Å²) in [6.45, 7) is 0. The van der Waals surface area contributed by atoms with Crippen molar-refractivity contribution >= 4 is 28.0 Å². The normalized spacial score (nSPS) is 17.6. The Hall–Kier alpha value is -2.35. The standard InChI is InChI=1S/C16H13F3N2O2S/c17-16(18,19)10-4-2-1-3-8(10)7-5-9-12(14(20)23)15(21)24-13(9)11(22)6-7/h1-4,7H,5-6,21H2,(H2,20,23). The lowest BCUT2D eigenvalue weighted by atomic mass is 9.79. The van der Waals surface area contributed by atoms with Gasteiger partial charge in [0.05, 0.1) is 21.0 Å². The van der Waals surface area contributed by atoms with Gasteiger partial charge in [0.25, 0.3) is 5.91 Å². The second-order valence-electron chi connectivity index (χ2n) is 5.63. The number of nitrogens with two attached hydrogens (primary N) is 2. The molecule has 1 amide bonds. The number of rotatable bonds is 2. The smallest absolute Gasteiger partial charge is 0.390 e. The van der Waals surface area contributed by atoms with Crippen LogP contribution in [0.1, 0.15) is 49.1 Å². The monoisotopic (exact) mass is 354 g/mol. The molecule has 4 nitrogen and oxygen atoms in total. The Balaban J connectivity index is 2.09. The van der Waals surface area contributed by atoms with Gasteiger partial charge < -0.3 is 11.5 Å². The van der Waals surface area contributed by atoms with Crippen LogP contribution in [0.3, 0.4) is 0 Å². The first-order chi connectivity index (χ1) is 11.2. The molecule has 1 aromatic carbocycles.